The third-order valence-corrected chi connectivity index (χ3v) is 4.10. The van der Waals surface area contributed by atoms with Gasteiger partial charge in [0.1, 0.15) is 0 Å². The first-order valence-electron chi connectivity index (χ1n) is 6.01. The normalized spacial score (nSPS) is 13.0. The van der Waals surface area contributed by atoms with Crippen LogP contribution in [0.25, 0.3) is 6.08 Å². The largest absolute Gasteiger partial charge is 0.478 e. The predicted molar refractivity (Wildman–Crippen MR) is 77.0 cm³/mol. The maximum atomic E-state index is 12.1. The second-order valence-corrected chi connectivity index (χ2v) is 5.92. The Morgan fingerprint density at radius 3 is 2.57 bits per heavy atom. The first-order chi connectivity index (χ1) is 9.76. The smallest absolute Gasteiger partial charge is 0.328 e. The molecule has 1 aromatic carbocycles. The van der Waals surface area contributed by atoms with Crippen LogP contribution in [0.4, 0.5) is 0 Å². The number of carbonyl (C=O) groups is 2. The molecule has 1 unspecified atom stereocenters. The average molecular weight is 312 g/mol. The van der Waals surface area contributed by atoms with E-state index in [0.29, 0.717) is 5.56 Å². The molecule has 1 aromatic rings. The van der Waals surface area contributed by atoms with Crippen LogP contribution >= 0.6 is 0 Å². The van der Waals surface area contributed by atoms with E-state index in [1.165, 1.54) is 38.2 Å². The fourth-order valence-corrected chi connectivity index (χ4v) is 2.78. The van der Waals surface area contributed by atoms with Crippen LogP contribution in [0.15, 0.2) is 35.2 Å². The Morgan fingerprint density at radius 1 is 1.33 bits per heavy atom. The highest BCUT2D eigenvalue weighted by Gasteiger charge is 2.21. The van der Waals surface area contributed by atoms with E-state index < -0.39 is 27.9 Å². The van der Waals surface area contributed by atoms with Crippen molar-refractivity contribution in [1.82, 2.24) is 10.0 Å². The molecule has 0 fully saturated rings. The number of carbonyl (C=O) groups excluding carboxylic acids is 1. The lowest BCUT2D eigenvalue weighted by molar-refractivity contribution is -0.131. The van der Waals surface area contributed by atoms with Crippen molar-refractivity contribution < 1.29 is 23.1 Å². The molecule has 0 saturated heterocycles. The van der Waals surface area contributed by atoms with Gasteiger partial charge in [-0.15, -0.1) is 0 Å². The molecule has 0 radical (unpaired) electrons. The van der Waals surface area contributed by atoms with Crippen molar-refractivity contribution in [2.24, 2.45) is 0 Å². The number of amides is 1. The first kappa shape index (κ1) is 16.9. The molecule has 0 spiro atoms. The Kier molecular flexibility index (Phi) is 5.62. The third-order valence-electron chi connectivity index (χ3n) is 2.56. The summed E-state index contributed by atoms with van der Waals surface area (Å²) in [5, 5.41) is 10.9. The summed E-state index contributed by atoms with van der Waals surface area (Å²) in [4.78, 5) is 21.7. The highest BCUT2D eigenvalue weighted by Crippen LogP contribution is 2.13. The fraction of sp³-hybridized carbons (Fsp3) is 0.231. The van der Waals surface area contributed by atoms with Crippen molar-refractivity contribution >= 4 is 28.0 Å². The first-order valence-corrected chi connectivity index (χ1v) is 7.49. The SMILES string of the molecule is CNC(=O)C(C)NS(=O)(=O)c1cccc(C=CC(=O)O)c1. The lowest BCUT2D eigenvalue weighted by Crippen LogP contribution is -2.43. The van der Waals surface area contributed by atoms with Crippen LogP contribution < -0.4 is 10.0 Å². The van der Waals surface area contributed by atoms with Gasteiger partial charge in [-0.3, -0.25) is 4.79 Å². The minimum atomic E-state index is -3.87. The van der Waals surface area contributed by atoms with Crippen molar-refractivity contribution in [1.29, 1.82) is 0 Å². The zero-order chi connectivity index (χ0) is 16.0. The molecule has 0 aromatic heterocycles. The van der Waals surface area contributed by atoms with Crippen molar-refractivity contribution in [3.8, 4) is 0 Å². The fourth-order valence-electron chi connectivity index (χ4n) is 1.52. The van der Waals surface area contributed by atoms with Crippen molar-refractivity contribution in [3.05, 3.63) is 35.9 Å². The van der Waals surface area contributed by atoms with E-state index in [9.17, 15) is 18.0 Å². The summed E-state index contributed by atoms with van der Waals surface area (Å²) in [7, 11) is -2.46. The Hall–Kier alpha value is -2.19. The topological polar surface area (TPSA) is 113 Å². The summed E-state index contributed by atoms with van der Waals surface area (Å²) in [6.45, 7) is 1.42. The summed E-state index contributed by atoms with van der Waals surface area (Å²) < 4.78 is 26.5. The molecule has 0 bridgehead atoms. The Morgan fingerprint density at radius 2 is 2.00 bits per heavy atom. The molecule has 0 aliphatic carbocycles. The highest BCUT2D eigenvalue weighted by molar-refractivity contribution is 7.89. The molecule has 0 heterocycles. The average Bonchev–Trinajstić information content (AvgIpc) is 2.44. The summed E-state index contributed by atoms with van der Waals surface area (Å²) in [5.41, 5.74) is 0.424. The van der Waals surface area contributed by atoms with Gasteiger partial charge < -0.3 is 10.4 Å². The van der Waals surface area contributed by atoms with Gasteiger partial charge in [0.2, 0.25) is 15.9 Å². The highest BCUT2D eigenvalue weighted by atomic mass is 32.2. The standard InChI is InChI=1S/C13H16N2O5S/c1-9(13(18)14-2)15-21(19,20)11-5-3-4-10(8-11)6-7-12(16)17/h3-9,15H,1-2H3,(H,14,18)(H,16,17). The molecule has 3 N–H and O–H groups in total. The van der Waals surface area contributed by atoms with Crippen LogP contribution in [0, 0.1) is 0 Å². The number of carboxylic acids is 1. The molecule has 1 atom stereocenters. The van der Waals surface area contributed by atoms with Crippen molar-refractivity contribution in [2.75, 3.05) is 7.05 Å². The van der Waals surface area contributed by atoms with E-state index in [1.54, 1.807) is 6.07 Å². The van der Waals surface area contributed by atoms with Gasteiger partial charge >= 0.3 is 5.97 Å². The number of sulfonamides is 1. The summed E-state index contributed by atoms with van der Waals surface area (Å²) in [5.74, 6) is -1.59. The van der Waals surface area contributed by atoms with Gasteiger partial charge in [0.25, 0.3) is 0 Å². The second-order valence-electron chi connectivity index (χ2n) is 4.20. The van der Waals surface area contributed by atoms with Gasteiger partial charge in [-0.1, -0.05) is 12.1 Å². The van der Waals surface area contributed by atoms with Gasteiger partial charge in [0.05, 0.1) is 10.9 Å². The molecule has 21 heavy (non-hydrogen) atoms. The molecule has 0 aliphatic heterocycles. The number of hydrogen-bond acceptors (Lipinski definition) is 4. The summed E-state index contributed by atoms with van der Waals surface area (Å²) in [6.07, 6.45) is 2.19. The Labute approximate surface area is 122 Å². The van der Waals surface area contributed by atoms with Crippen LogP contribution in [0.2, 0.25) is 0 Å². The zero-order valence-corrected chi connectivity index (χ0v) is 12.3. The van der Waals surface area contributed by atoms with E-state index >= 15 is 0 Å². The summed E-state index contributed by atoms with van der Waals surface area (Å²) >= 11 is 0. The van der Waals surface area contributed by atoms with E-state index in [-0.39, 0.29) is 4.90 Å². The monoisotopic (exact) mass is 312 g/mol. The number of nitrogens with one attached hydrogen (secondary N) is 2. The lowest BCUT2D eigenvalue weighted by atomic mass is 10.2. The molecular formula is C13H16N2O5S. The molecule has 114 valence electrons. The second kappa shape index (κ2) is 7.00. The number of hydrogen-bond donors (Lipinski definition) is 3. The van der Waals surface area contributed by atoms with Gasteiger partial charge in [0, 0.05) is 13.1 Å². The van der Waals surface area contributed by atoms with Crippen LogP contribution in [0.5, 0.6) is 0 Å². The van der Waals surface area contributed by atoms with Gasteiger partial charge in [-0.25, -0.2) is 13.2 Å². The van der Waals surface area contributed by atoms with Crippen molar-refractivity contribution in [3.63, 3.8) is 0 Å². The maximum absolute atomic E-state index is 12.1. The molecule has 1 amide bonds. The van der Waals surface area contributed by atoms with Gasteiger partial charge in [0.15, 0.2) is 0 Å². The number of aliphatic carboxylic acids is 1. The molecule has 0 aliphatic rings. The number of likely N-dealkylation sites (N-methyl/N-ethyl adjacent to an activating group) is 1. The number of benzene rings is 1. The van der Waals surface area contributed by atoms with Gasteiger partial charge in [-0.05, 0) is 30.7 Å². The van der Waals surface area contributed by atoms with E-state index in [0.717, 1.165) is 6.08 Å². The van der Waals surface area contributed by atoms with Gasteiger partial charge in [-0.2, -0.15) is 4.72 Å². The van der Waals surface area contributed by atoms with E-state index in [2.05, 4.69) is 10.0 Å². The van der Waals surface area contributed by atoms with Crippen molar-refractivity contribution in [2.45, 2.75) is 17.9 Å². The maximum Gasteiger partial charge on any atom is 0.328 e. The molecule has 1 rings (SSSR count). The number of rotatable bonds is 6. The minimum Gasteiger partial charge on any atom is -0.478 e. The predicted octanol–water partition coefficient (Wildman–Crippen LogP) is 0.197. The van der Waals surface area contributed by atoms with Crippen LogP contribution in [0.3, 0.4) is 0 Å². The van der Waals surface area contributed by atoms with Crippen LogP contribution in [-0.4, -0.2) is 38.5 Å². The molecule has 7 nitrogen and oxygen atoms in total. The zero-order valence-electron chi connectivity index (χ0n) is 11.5. The van der Waals surface area contributed by atoms with Crippen LogP contribution in [-0.2, 0) is 19.6 Å². The quantitative estimate of drug-likeness (QED) is 0.649. The molecule has 8 heteroatoms. The van der Waals surface area contributed by atoms with E-state index in [1.807, 2.05) is 0 Å². The Balaban J connectivity index is 3.01. The lowest BCUT2D eigenvalue weighted by Gasteiger charge is -2.13. The molecular weight excluding hydrogens is 296 g/mol. The summed E-state index contributed by atoms with van der Waals surface area (Å²) in [6, 6.07) is 4.81. The Bertz CT molecular complexity index is 667. The van der Waals surface area contributed by atoms with E-state index in [4.69, 9.17) is 5.11 Å². The third kappa shape index (κ3) is 5.01. The number of carboxylic acid groups (broad SMARTS) is 1. The minimum absolute atomic E-state index is 0.0502. The molecule has 0 saturated carbocycles. The van der Waals surface area contributed by atoms with Crippen LogP contribution in [0.1, 0.15) is 12.5 Å².